The number of nitrogens with one attached hydrogen (secondary N) is 1. The Hall–Kier alpha value is -2.80. The van der Waals surface area contributed by atoms with E-state index < -0.39 is 0 Å². The average molecular weight is 411 g/mol. The second-order valence-electron chi connectivity index (χ2n) is 6.84. The van der Waals surface area contributed by atoms with Crippen molar-refractivity contribution in [1.29, 1.82) is 0 Å². The monoisotopic (exact) mass is 410 g/mol. The van der Waals surface area contributed by atoms with E-state index in [2.05, 4.69) is 48.4 Å². The van der Waals surface area contributed by atoms with Gasteiger partial charge < -0.3 is 10.1 Å². The molecule has 3 aromatic rings. The van der Waals surface area contributed by atoms with Crippen LogP contribution in [0, 0.1) is 13.8 Å². The maximum absolute atomic E-state index is 12.5. The fourth-order valence-electron chi connectivity index (χ4n) is 3.00. The molecule has 0 radical (unpaired) electrons. The maximum atomic E-state index is 12.5. The van der Waals surface area contributed by atoms with Crippen LogP contribution in [0.15, 0.2) is 53.9 Å². The molecule has 0 bridgehead atoms. The lowest BCUT2D eigenvalue weighted by Gasteiger charge is -2.17. The normalized spacial score (nSPS) is 11.9. The first kappa shape index (κ1) is 20.9. The Balaban J connectivity index is 1.63. The molecule has 0 aliphatic rings. The van der Waals surface area contributed by atoms with Crippen LogP contribution in [-0.2, 0) is 4.79 Å². The quantitative estimate of drug-likeness (QED) is 0.562. The van der Waals surface area contributed by atoms with Crippen molar-refractivity contribution in [1.82, 2.24) is 20.1 Å². The smallest absolute Gasteiger partial charge is 0.230 e. The molecule has 0 saturated carbocycles. The molecule has 0 saturated heterocycles. The number of amides is 1. The Bertz CT molecular complexity index is 969. The first-order valence-electron chi connectivity index (χ1n) is 9.55. The van der Waals surface area contributed by atoms with Crippen molar-refractivity contribution in [3.8, 4) is 11.4 Å². The van der Waals surface area contributed by atoms with E-state index in [1.165, 1.54) is 22.9 Å². The van der Waals surface area contributed by atoms with Crippen molar-refractivity contribution in [2.24, 2.45) is 0 Å². The van der Waals surface area contributed by atoms with Gasteiger partial charge in [0.1, 0.15) is 12.1 Å². The maximum Gasteiger partial charge on any atom is 0.230 e. The Morgan fingerprint density at radius 3 is 2.59 bits per heavy atom. The highest BCUT2D eigenvalue weighted by Gasteiger charge is 2.15. The summed E-state index contributed by atoms with van der Waals surface area (Å²) >= 11 is 1.38. The molecule has 1 amide bonds. The first-order chi connectivity index (χ1) is 14.0. The molecule has 1 aromatic heterocycles. The van der Waals surface area contributed by atoms with E-state index in [9.17, 15) is 4.79 Å². The Morgan fingerprint density at radius 2 is 1.93 bits per heavy atom. The largest absolute Gasteiger partial charge is 0.497 e. The van der Waals surface area contributed by atoms with Gasteiger partial charge >= 0.3 is 0 Å². The number of aromatic nitrogens is 3. The molecule has 2 aromatic carbocycles. The highest BCUT2D eigenvalue weighted by molar-refractivity contribution is 7.99. The summed E-state index contributed by atoms with van der Waals surface area (Å²) in [6, 6.07) is 14.0. The molecule has 1 unspecified atom stereocenters. The molecule has 0 fully saturated rings. The van der Waals surface area contributed by atoms with Gasteiger partial charge in [0.2, 0.25) is 5.91 Å². The molecule has 7 heteroatoms. The second kappa shape index (κ2) is 9.60. The molecule has 29 heavy (non-hydrogen) atoms. The molecule has 6 nitrogen and oxygen atoms in total. The molecule has 0 spiro atoms. The predicted octanol–water partition coefficient (Wildman–Crippen LogP) is 4.25. The topological polar surface area (TPSA) is 69.0 Å². The SMILES string of the molecule is CCC(NC(=O)CSc1nncn1-c1ccc(C)c(C)c1)c1ccc(OC)cc1. The molecular weight excluding hydrogens is 384 g/mol. The van der Waals surface area contributed by atoms with Crippen molar-refractivity contribution < 1.29 is 9.53 Å². The summed E-state index contributed by atoms with van der Waals surface area (Å²) < 4.78 is 7.11. The van der Waals surface area contributed by atoms with Crippen molar-refractivity contribution in [2.45, 2.75) is 38.4 Å². The molecule has 152 valence electrons. The van der Waals surface area contributed by atoms with Crippen LogP contribution < -0.4 is 10.1 Å². The van der Waals surface area contributed by atoms with Crippen LogP contribution in [0.3, 0.4) is 0 Å². The Morgan fingerprint density at radius 1 is 1.17 bits per heavy atom. The van der Waals surface area contributed by atoms with Crippen molar-refractivity contribution in [2.75, 3.05) is 12.9 Å². The number of carbonyl (C=O) groups is 1. The van der Waals surface area contributed by atoms with Gasteiger partial charge in [-0.15, -0.1) is 10.2 Å². The molecule has 1 atom stereocenters. The van der Waals surface area contributed by atoms with Crippen LogP contribution >= 0.6 is 11.8 Å². The molecule has 1 heterocycles. The van der Waals surface area contributed by atoms with Gasteiger partial charge in [-0.1, -0.05) is 36.9 Å². The lowest BCUT2D eigenvalue weighted by atomic mass is 10.0. The van der Waals surface area contributed by atoms with Gasteiger partial charge in [-0.05, 0) is 61.2 Å². The standard InChI is InChI=1S/C22H26N4O2S/c1-5-20(17-7-10-19(28-4)11-8-17)24-21(27)13-29-22-25-23-14-26(22)18-9-6-15(2)16(3)12-18/h6-12,14,20H,5,13H2,1-4H3,(H,24,27). The molecular formula is C22H26N4O2S. The number of ether oxygens (including phenoxy) is 1. The predicted molar refractivity (Wildman–Crippen MR) is 116 cm³/mol. The minimum Gasteiger partial charge on any atom is -0.497 e. The van der Waals surface area contributed by atoms with Crippen LogP contribution in [0.4, 0.5) is 0 Å². The minimum atomic E-state index is -0.0355. The van der Waals surface area contributed by atoms with Crippen molar-refractivity contribution >= 4 is 17.7 Å². The minimum absolute atomic E-state index is 0.0349. The van der Waals surface area contributed by atoms with E-state index in [0.29, 0.717) is 5.16 Å². The van der Waals surface area contributed by atoms with Crippen LogP contribution in [0.25, 0.3) is 5.69 Å². The number of methoxy groups -OCH3 is 1. The summed E-state index contributed by atoms with van der Waals surface area (Å²) in [5.74, 6) is 1.04. The van der Waals surface area contributed by atoms with Crippen LogP contribution in [0.5, 0.6) is 5.75 Å². The number of nitrogens with zero attached hydrogens (tertiary/aromatic N) is 3. The zero-order chi connectivity index (χ0) is 20.8. The third-order valence-electron chi connectivity index (χ3n) is 4.88. The lowest BCUT2D eigenvalue weighted by molar-refractivity contribution is -0.119. The lowest BCUT2D eigenvalue weighted by Crippen LogP contribution is -2.29. The summed E-state index contributed by atoms with van der Waals surface area (Å²) in [4.78, 5) is 12.5. The van der Waals surface area contributed by atoms with Gasteiger partial charge in [-0.2, -0.15) is 0 Å². The number of aryl methyl sites for hydroxylation is 2. The van der Waals surface area contributed by atoms with Crippen molar-refractivity contribution in [3.63, 3.8) is 0 Å². The van der Waals surface area contributed by atoms with Gasteiger partial charge in [-0.25, -0.2) is 0 Å². The summed E-state index contributed by atoms with van der Waals surface area (Å²) in [7, 11) is 1.64. The number of hydrogen-bond acceptors (Lipinski definition) is 5. The number of benzene rings is 2. The van der Waals surface area contributed by atoms with Gasteiger partial charge in [-0.3, -0.25) is 9.36 Å². The third-order valence-corrected chi connectivity index (χ3v) is 5.82. The molecule has 3 rings (SSSR count). The van der Waals surface area contributed by atoms with E-state index in [1.807, 2.05) is 34.9 Å². The average Bonchev–Trinajstić information content (AvgIpc) is 3.21. The van der Waals surface area contributed by atoms with Gasteiger partial charge in [0.05, 0.1) is 18.9 Å². The van der Waals surface area contributed by atoms with Crippen LogP contribution in [-0.4, -0.2) is 33.5 Å². The molecule has 0 aliphatic heterocycles. The van der Waals surface area contributed by atoms with Crippen LogP contribution in [0.2, 0.25) is 0 Å². The van der Waals surface area contributed by atoms with E-state index in [-0.39, 0.29) is 17.7 Å². The third kappa shape index (κ3) is 5.17. The van der Waals surface area contributed by atoms with Gasteiger partial charge in [0.25, 0.3) is 0 Å². The first-order valence-corrected chi connectivity index (χ1v) is 10.5. The summed E-state index contributed by atoms with van der Waals surface area (Å²) in [6.07, 6.45) is 2.48. The summed E-state index contributed by atoms with van der Waals surface area (Å²) in [6.45, 7) is 6.21. The van der Waals surface area contributed by atoms with E-state index in [4.69, 9.17) is 4.74 Å². The number of carbonyl (C=O) groups excluding carboxylic acids is 1. The zero-order valence-electron chi connectivity index (χ0n) is 17.2. The Kier molecular flexibility index (Phi) is 6.93. The van der Waals surface area contributed by atoms with E-state index in [0.717, 1.165) is 23.4 Å². The fourth-order valence-corrected chi connectivity index (χ4v) is 3.74. The summed E-state index contributed by atoms with van der Waals surface area (Å²) in [5.41, 5.74) is 4.49. The van der Waals surface area contributed by atoms with Gasteiger partial charge in [0.15, 0.2) is 5.16 Å². The highest BCUT2D eigenvalue weighted by Crippen LogP contribution is 2.23. The Labute approximate surface area is 175 Å². The van der Waals surface area contributed by atoms with Crippen molar-refractivity contribution in [3.05, 3.63) is 65.5 Å². The number of thioether (sulfide) groups is 1. The molecule has 1 N–H and O–H groups in total. The van der Waals surface area contributed by atoms with E-state index >= 15 is 0 Å². The van der Waals surface area contributed by atoms with E-state index in [1.54, 1.807) is 13.4 Å². The number of hydrogen-bond donors (Lipinski definition) is 1. The second-order valence-corrected chi connectivity index (χ2v) is 7.78. The summed E-state index contributed by atoms with van der Waals surface area (Å²) in [5, 5.41) is 12.0. The fraction of sp³-hybridized carbons (Fsp3) is 0.318. The molecule has 0 aliphatic carbocycles. The zero-order valence-corrected chi connectivity index (χ0v) is 18.0. The number of rotatable bonds is 8. The van der Waals surface area contributed by atoms with Crippen LogP contribution in [0.1, 0.15) is 36.1 Å². The van der Waals surface area contributed by atoms with Gasteiger partial charge in [0, 0.05) is 5.69 Å². The highest BCUT2D eigenvalue weighted by atomic mass is 32.2.